The average molecular weight is 604 g/mol. The Balaban J connectivity index is 1.18. The van der Waals surface area contributed by atoms with Gasteiger partial charge in [-0.1, -0.05) is 109 Å². The van der Waals surface area contributed by atoms with E-state index in [1.54, 1.807) is 5.56 Å². The van der Waals surface area contributed by atoms with Crippen LogP contribution in [0.5, 0.6) is 0 Å². The average Bonchev–Trinajstić information content (AvgIpc) is 3.61. The Hall–Kier alpha value is -4.62. The zero-order valence-corrected chi connectivity index (χ0v) is 26.8. The molecule has 0 radical (unpaired) electrons. The van der Waals surface area contributed by atoms with E-state index < -0.39 is 0 Å². The summed E-state index contributed by atoms with van der Waals surface area (Å²) in [5.74, 6) is 4.56. The molecule has 7 unspecified atom stereocenters. The van der Waals surface area contributed by atoms with Gasteiger partial charge < -0.3 is 4.90 Å². The predicted molar refractivity (Wildman–Crippen MR) is 193 cm³/mol. The second-order valence-electron chi connectivity index (χ2n) is 15.9. The fourth-order valence-corrected chi connectivity index (χ4v) is 12.5. The molecule has 2 aliphatic heterocycles. The van der Waals surface area contributed by atoms with E-state index in [0.29, 0.717) is 5.41 Å². The molecule has 4 fully saturated rings. The van der Waals surface area contributed by atoms with Crippen LogP contribution in [-0.4, -0.2) is 0 Å². The largest absolute Gasteiger partial charge is 0.309 e. The number of hydrogen-bond donors (Lipinski definition) is 0. The third-order valence-electron chi connectivity index (χ3n) is 14.3. The first-order valence-electron chi connectivity index (χ1n) is 17.9. The maximum absolute atomic E-state index is 2.69. The van der Waals surface area contributed by atoms with E-state index in [4.69, 9.17) is 0 Å². The lowest BCUT2D eigenvalue weighted by molar-refractivity contribution is -0.196. The van der Waals surface area contributed by atoms with Crippen LogP contribution >= 0.6 is 0 Å². The summed E-state index contributed by atoms with van der Waals surface area (Å²) in [6.07, 6.45) is 5.99. The van der Waals surface area contributed by atoms with Crippen LogP contribution in [0.15, 0.2) is 127 Å². The highest BCUT2D eigenvalue weighted by molar-refractivity contribution is 6.08. The van der Waals surface area contributed by atoms with Crippen LogP contribution < -0.4 is 4.90 Å². The molecule has 4 aliphatic carbocycles. The van der Waals surface area contributed by atoms with Crippen LogP contribution in [0, 0.1) is 29.1 Å². The molecular formula is C46H37N. The summed E-state index contributed by atoms with van der Waals surface area (Å²) < 4.78 is 0. The van der Waals surface area contributed by atoms with Crippen molar-refractivity contribution in [3.63, 3.8) is 0 Å². The highest BCUT2D eigenvalue weighted by atomic mass is 15.2. The minimum Gasteiger partial charge on any atom is -0.309 e. The summed E-state index contributed by atoms with van der Waals surface area (Å²) >= 11 is 0. The van der Waals surface area contributed by atoms with Crippen LogP contribution in [0.2, 0.25) is 0 Å². The number of para-hydroxylation sites is 1. The van der Waals surface area contributed by atoms with Crippen molar-refractivity contribution >= 4 is 27.8 Å². The molecule has 7 atom stereocenters. The summed E-state index contributed by atoms with van der Waals surface area (Å²) in [7, 11) is 0. The zero-order valence-electron chi connectivity index (χ0n) is 26.8. The van der Waals surface area contributed by atoms with Crippen molar-refractivity contribution in [2.24, 2.45) is 29.1 Å². The summed E-state index contributed by atoms with van der Waals surface area (Å²) in [5, 5.41) is 2.59. The maximum atomic E-state index is 2.69. The van der Waals surface area contributed by atoms with Crippen LogP contribution in [-0.2, 0) is 5.41 Å². The molecule has 1 heteroatoms. The SMILES string of the molecule is CC1(c2ccccc2)c2ccc(C3C4CC5CC6CC3C64C5)cc2N2c3cc4ccccc4cc3-c3ccccc3-c3cccc1c32. The first kappa shape index (κ1) is 25.5. The molecule has 6 aromatic rings. The van der Waals surface area contributed by atoms with Gasteiger partial charge in [-0.05, 0) is 130 Å². The van der Waals surface area contributed by atoms with Crippen LogP contribution in [0.4, 0.5) is 17.1 Å². The van der Waals surface area contributed by atoms with E-state index in [1.165, 1.54) is 92.5 Å². The topological polar surface area (TPSA) is 3.24 Å². The fraction of sp³-hybridized carbons (Fsp3) is 0.261. The number of anilines is 3. The Kier molecular flexibility index (Phi) is 4.58. The molecule has 6 aromatic carbocycles. The van der Waals surface area contributed by atoms with Gasteiger partial charge in [0.15, 0.2) is 0 Å². The van der Waals surface area contributed by atoms with Gasteiger partial charge in [-0.2, -0.15) is 0 Å². The Bertz CT molecular complexity index is 2330. The van der Waals surface area contributed by atoms with Gasteiger partial charge >= 0.3 is 0 Å². The molecule has 0 aromatic heterocycles. The van der Waals surface area contributed by atoms with Gasteiger partial charge in [-0.25, -0.2) is 0 Å². The number of benzene rings is 6. The minimum absolute atomic E-state index is 0.290. The van der Waals surface area contributed by atoms with E-state index in [0.717, 1.165) is 29.6 Å². The standard InChI is InChI=1S/C46H37N/c1-45(31-12-3-2-4-13-31)37-19-18-30(43-39-21-27-20-32-25-40(43)46(32,39)26-27)24-42(37)47-41-23-29-11-6-5-10-28(29)22-36(41)34-15-8-7-14-33(34)35-16-9-17-38(45)44(35)47/h2-19,22-24,27,32,39-40,43H,20-21,25-26H2,1H3. The molecule has 2 bridgehead atoms. The van der Waals surface area contributed by atoms with Crippen molar-refractivity contribution in [1.29, 1.82) is 0 Å². The van der Waals surface area contributed by atoms with E-state index in [9.17, 15) is 0 Å². The predicted octanol–water partition coefficient (Wildman–Crippen LogP) is 11.8. The lowest BCUT2D eigenvalue weighted by atomic mass is 9.33. The van der Waals surface area contributed by atoms with E-state index in [1.807, 2.05) is 0 Å². The molecule has 1 nitrogen and oxygen atoms in total. The third-order valence-corrected chi connectivity index (χ3v) is 14.3. The Morgan fingerprint density at radius 2 is 1.30 bits per heavy atom. The highest BCUT2D eigenvalue weighted by Crippen LogP contribution is 2.85. The Labute approximate surface area is 276 Å². The first-order valence-corrected chi connectivity index (χ1v) is 17.9. The van der Waals surface area contributed by atoms with Crippen molar-refractivity contribution in [2.45, 2.75) is 43.9 Å². The second kappa shape index (κ2) is 8.45. The Morgan fingerprint density at radius 1 is 0.574 bits per heavy atom. The van der Waals surface area contributed by atoms with Gasteiger partial charge in [0.1, 0.15) is 0 Å². The molecule has 2 heterocycles. The van der Waals surface area contributed by atoms with Crippen molar-refractivity contribution in [3.8, 4) is 22.3 Å². The van der Waals surface area contributed by atoms with Crippen molar-refractivity contribution < 1.29 is 0 Å². The number of nitrogens with zero attached hydrogens (tertiary/aromatic N) is 1. The molecule has 1 spiro atoms. The smallest absolute Gasteiger partial charge is 0.0585 e. The number of fused-ring (bicyclic) bond motifs is 9. The van der Waals surface area contributed by atoms with Gasteiger partial charge in [-0.15, -0.1) is 0 Å². The molecular weight excluding hydrogens is 567 g/mol. The molecule has 12 rings (SSSR count). The molecule has 0 saturated heterocycles. The number of hydrogen-bond acceptors (Lipinski definition) is 1. The zero-order chi connectivity index (χ0) is 30.6. The van der Waals surface area contributed by atoms with Crippen molar-refractivity contribution in [1.82, 2.24) is 0 Å². The van der Waals surface area contributed by atoms with Crippen LogP contribution in [0.25, 0.3) is 33.0 Å². The van der Waals surface area contributed by atoms with Gasteiger partial charge in [0, 0.05) is 16.5 Å². The molecule has 226 valence electrons. The van der Waals surface area contributed by atoms with E-state index in [-0.39, 0.29) is 5.41 Å². The summed E-state index contributed by atoms with van der Waals surface area (Å²) in [4.78, 5) is 2.69. The van der Waals surface area contributed by atoms with Gasteiger partial charge in [0.05, 0.1) is 17.1 Å². The van der Waals surface area contributed by atoms with E-state index >= 15 is 0 Å². The Morgan fingerprint density at radius 3 is 2.13 bits per heavy atom. The number of rotatable bonds is 2. The van der Waals surface area contributed by atoms with Gasteiger partial charge in [0.25, 0.3) is 0 Å². The van der Waals surface area contributed by atoms with Crippen LogP contribution in [0.1, 0.15) is 60.8 Å². The normalized spacial score (nSPS) is 31.1. The van der Waals surface area contributed by atoms with Crippen molar-refractivity contribution in [3.05, 3.63) is 150 Å². The van der Waals surface area contributed by atoms with Gasteiger partial charge in [-0.3, -0.25) is 0 Å². The first-order chi connectivity index (χ1) is 23.1. The van der Waals surface area contributed by atoms with Gasteiger partial charge in [0.2, 0.25) is 0 Å². The quantitative estimate of drug-likeness (QED) is 0.190. The summed E-state index contributed by atoms with van der Waals surface area (Å²) in [6.45, 7) is 2.48. The molecule has 0 N–H and O–H groups in total. The highest BCUT2D eigenvalue weighted by Gasteiger charge is 2.77. The lowest BCUT2D eigenvalue weighted by Crippen LogP contribution is -2.64. The molecule has 0 amide bonds. The second-order valence-corrected chi connectivity index (χ2v) is 15.9. The maximum Gasteiger partial charge on any atom is 0.0585 e. The molecule has 6 aliphatic rings. The lowest BCUT2D eigenvalue weighted by Gasteiger charge is -2.71. The summed E-state index contributed by atoms with van der Waals surface area (Å²) in [6, 6.07) is 49.1. The molecule has 47 heavy (non-hydrogen) atoms. The van der Waals surface area contributed by atoms with E-state index in [2.05, 4.69) is 139 Å². The minimum atomic E-state index is -0.290. The fourth-order valence-electron chi connectivity index (χ4n) is 12.5. The third kappa shape index (κ3) is 2.88. The van der Waals surface area contributed by atoms with Crippen LogP contribution in [0.3, 0.4) is 0 Å². The van der Waals surface area contributed by atoms with Crippen molar-refractivity contribution in [2.75, 3.05) is 4.90 Å². The monoisotopic (exact) mass is 603 g/mol. The molecule has 4 saturated carbocycles. The summed E-state index contributed by atoms with van der Waals surface area (Å²) in [5.41, 5.74) is 15.5.